The van der Waals surface area contributed by atoms with E-state index in [1.54, 1.807) is 17.0 Å². The second-order valence-electron chi connectivity index (χ2n) is 3.79. The summed E-state index contributed by atoms with van der Waals surface area (Å²) in [4.78, 5) is 25.0. The summed E-state index contributed by atoms with van der Waals surface area (Å²) in [6.07, 6.45) is 1.42. The Kier molecular flexibility index (Phi) is 3.77. The molecule has 0 unspecified atom stereocenters. The Hall–Kier alpha value is -1.82. The van der Waals surface area contributed by atoms with E-state index in [1.165, 1.54) is 6.26 Å². The van der Waals surface area contributed by atoms with Crippen LogP contribution in [0.5, 0.6) is 0 Å². The molecule has 2 N–H and O–H groups in total. The molecule has 1 aliphatic rings. The zero-order chi connectivity index (χ0) is 12.1. The van der Waals surface area contributed by atoms with Crippen molar-refractivity contribution in [1.29, 1.82) is 0 Å². The van der Waals surface area contributed by atoms with Crippen molar-refractivity contribution in [2.45, 2.75) is 0 Å². The highest BCUT2D eigenvalue weighted by molar-refractivity contribution is 5.94. The predicted octanol–water partition coefficient (Wildman–Crippen LogP) is -0.559. The Balaban J connectivity index is 1.77. The third-order valence-corrected chi connectivity index (χ3v) is 2.61. The van der Waals surface area contributed by atoms with E-state index < -0.39 is 0 Å². The van der Waals surface area contributed by atoms with Crippen LogP contribution in [0.4, 0.5) is 0 Å². The zero-order valence-corrected chi connectivity index (χ0v) is 9.44. The lowest BCUT2D eigenvalue weighted by Gasteiger charge is -2.27. The average Bonchev–Trinajstić information content (AvgIpc) is 2.90. The van der Waals surface area contributed by atoms with E-state index in [2.05, 4.69) is 10.6 Å². The van der Waals surface area contributed by atoms with Gasteiger partial charge in [0.15, 0.2) is 5.76 Å². The Labute approximate surface area is 99.0 Å². The summed E-state index contributed by atoms with van der Waals surface area (Å²) in [6.45, 7) is 3.00. The zero-order valence-electron chi connectivity index (χ0n) is 9.44. The molecule has 1 aliphatic heterocycles. The molecule has 1 fully saturated rings. The summed E-state index contributed by atoms with van der Waals surface area (Å²) < 4.78 is 4.93. The maximum absolute atomic E-state index is 11.7. The molecular formula is C11H15N3O3. The monoisotopic (exact) mass is 237 g/mol. The summed E-state index contributed by atoms with van der Waals surface area (Å²) in [7, 11) is 0. The first-order valence-electron chi connectivity index (χ1n) is 5.57. The van der Waals surface area contributed by atoms with Crippen LogP contribution in [0.15, 0.2) is 22.8 Å². The Morgan fingerprint density at radius 2 is 2.18 bits per heavy atom. The first-order chi connectivity index (χ1) is 8.27. The minimum Gasteiger partial charge on any atom is -0.459 e. The molecule has 0 saturated carbocycles. The molecule has 0 aromatic carbocycles. The van der Waals surface area contributed by atoms with Gasteiger partial charge in [0, 0.05) is 26.2 Å². The van der Waals surface area contributed by atoms with Crippen molar-refractivity contribution >= 4 is 11.8 Å². The molecule has 0 bridgehead atoms. The summed E-state index contributed by atoms with van der Waals surface area (Å²) >= 11 is 0. The molecule has 2 amide bonds. The van der Waals surface area contributed by atoms with Crippen molar-refractivity contribution in [3.63, 3.8) is 0 Å². The third-order valence-electron chi connectivity index (χ3n) is 2.61. The van der Waals surface area contributed by atoms with Crippen LogP contribution in [-0.4, -0.2) is 49.4 Å². The van der Waals surface area contributed by atoms with E-state index in [4.69, 9.17) is 4.42 Å². The van der Waals surface area contributed by atoms with Gasteiger partial charge in [-0.25, -0.2) is 0 Å². The lowest BCUT2D eigenvalue weighted by molar-refractivity contribution is -0.130. The Morgan fingerprint density at radius 3 is 2.82 bits per heavy atom. The maximum Gasteiger partial charge on any atom is 0.287 e. The summed E-state index contributed by atoms with van der Waals surface area (Å²) in [6, 6.07) is 3.19. The van der Waals surface area contributed by atoms with Gasteiger partial charge in [-0.2, -0.15) is 0 Å². The fourth-order valence-electron chi connectivity index (χ4n) is 1.68. The largest absolute Gasteiger partial charge is 0.459 e. The molecule has 0 atom stereocenters. The Morgan fingerprint density at radius 1 is 1.41 bits per heavy atom. The van der Waals surface area contributed by atoms with Crippen molar-refractivity contribution in [3.05, 3.63) is 24.2 Å². The molecule has 0 spiro atoms. The van der Waals surface area contributed by atoms with E-state index in [1.807, 2.05) is 0 Å². The van der Waals surface area contributed by atoms with E-state index in [0.717, 1.165) is 13.1 Å². The van der Waals surface area contributed by atoms with Gasteiger partial charge >= 0.3 is 0 Å². The molecule has 2 rings (SSSR count). The summed E-state index contributed by atoms with van der Waals surface area (Å²) in [5, 5.41) is 5.70. The number of rotatable bonds is 3. The number of piperazine rings is 1. The third kappa shape index (κ3) is 3.07. The van der Waals surface area contributed by atoms with Crippen LogP contribution < -0.4 is 10.6 Å². The number of carbonyl (C=O) groups is 2. The molecule has 1 aromatic heterocycles. The summed E-state index contributed by atoms with van der Waals surface area (Å²) in [5.74, 6) is -0.206. The van der Waals surface area contributed by atoms with Crippen LogP contribution >= 0.6 is 0 Å². The van der Waals surface area contributed by atoms with Crippen LogP contribution in [0.1, 0.15) is 10.6 Å². The number of hydrogen-bond donors (Lipinski definition) is 2. The Bertz CT molecular complexity index is 383. The highest BCUT2D eigenvalue weighted by Crippen LogP contribution is 1.99. The molecule has 6 nitrogen and oxygen atoms in total. The van der Waals surface area contributed by atoms with E-state index in [0.29, 0.717) is 13.1 Å². The van der Waals surface area contributed by atoms with Gasteiger partial charge in [-0.3, -0.25) is 9.59 Å². The van der Waals surface area contributed by atoms with Crippen molar-refractivity contribution in [3.8, 4) is 0 Å². The van der Waals surface area contributed by atoms with Crippen molar-refractivity contribution in [1.82, 2.24) is 15.5 Å². The number of hydrogen-bond acceptors (Lipinski definition) is 4. The SMILES string of the molecule is O=C(NCC(=O)N1CCNCC1)c1ccco1. The lowest BCUT2D eigenvalue weighted by atomic mass is 10.3. The van der Waals surface area contributed by atoms with Gasteiger partial charge in [0.25, 0.3) is 5.91 Å². The normalized spacial score (nSPS) is 15.6. The first kappa shape index (κ1) is 11.7. The first-order valence-corrected chi connectivity index (χ1v) is 5.57. The fourth-order valence-corrected chi connectivity index (χ4v) is 1.68. The van der Waals surface area contributed by atoms with Gasteiger partial charge in [-0.05, 0) is 12.1 Å². The van der Waals surface area contributed by atoms with Crippen LogP contribution in [0.2, 0.25) is 0 Å². The van der Waals surface area contributed by atoms with E-state index in [-0.39, 0.29) is 24.1 Å². The van der Waals surface area contributed by atoms with Crippen LogP contribution in [0.25, 0.3) is 0 Å². The number of nitrogens with zero attached hydrogens (tertiary/aromatic N) is 1. The number of furan rings is 1. The van der Waals surface area contributed by atoms with Crippen LogP contribution in [-0.2, 0) is 4.79 Å². The van der Waals surface area contributed by atoms with Crippen LogP contribution in [0, 0.1) is 0 Å². The molecular weight excluding hydrogens is 222 g/mol. The molecule has 1 saturated heterocycles. The molecule has 92 valence electrons. The van der Waals surface area contributed by atoms with Gasteiger partial charge in [0.2, 0.25) is 5.91 Å². The number of carbonyl (C=O) groups excluding carboxylic acids is 2. The molecule has 0 aliphatic carbocycles. The maximum atomic E-state index is 11.7. The van der Waals surface area contributed by atoms with Gasteiger partial charge in [-0.1, -0.05) is 0 Å². The van der Waals surface area contributed by atoms with Gasteiger partial charge < -0.3 is 20.0 Å². The van der Waals surface area contributed by atoms with E-state index >= 15 is 0 Å². The highest BCUT2D eigenvalue weighted by Gasteiger charge is 2.17. The fraction of sp³-hybridized carbons (Fsp3) is 0.455. The smallest absolute Gasteiger partial charge is 0.287 e. The topological polar surface area (TPSA) is 74.6 Å². The minimum atomic E-state index is -0.363. The highest BCUT2D eigenvalue weighted by atomic mass is 16.3. The standard InChI is InChI=1S/C11H15N3O3/c15-10(14-5-3-12-4-6-14)8-13-11(16)9-2-1-7-17-9/h1-2,7,12H,3-6,8H2,(H,13,16). The molecule has 1 aromatic rings. The second kappa shape index (κ2) is 5.49. The lowest BCUT2D eigenvalue weighted by Crippen LogP contribution is -2.49. The van der Waals surface area contributed by atoms with Crippen molar-refractivity contribution in [2.24, 2.45) is 0 Å². The second-order valence-corrected chi connectivity index (χ2v) is 3.79. The molecule has 6 heteroatoms. The van der Waals surface area contributed by atoms with Gasteiger partial charge in [-0.15, -0.1) is 0 Å². The van der Waals surface area contributed by atoms with Crippen molar-refractivity contribution < 1.29 is 14.0 Å². The van der Waals surface area contributed by atoms with Crippen LogP contribution in [0.3, 0.4) is 0 Å². The number of amides is 2. The van der Waals surface area contributed by atoms with Gasteiger partial charge in [0.05, 0.1) is 12.8 Å². The van der Waals surface area contributed by atoms with Crippen molar-refractivity contribution in [2.75, 3.05) is 32.7 Å². The minimum absolute atomic E-state index is 0.0134. The van der Waals surface area contributed by atoms with Gasteiger partial charge in [0.1, 0.15) is 0 Å². The molecule has 17 heavy (non-hydrogen) atoms. The summed E-state index contributed by atoms with van der Waals surface area (Å²) in [5.41, 5.74) is 0. The predicted molar refractivity (Wildman–Crippen MR) is 60.5 cm³/mol. The molecule has 2 heterocycles. The average molecular weight is 237 g/mol. The quantitative estimate of drug-likeness (QED) is 0.739. The van der Waals surface area contributed by atoms with E-state index in [9.17, 15) is 9.59 Å². The number of nitrogens with one attached hydrogen (secondary N) is 2. The molecule has 0 radical (unpaired) electrons.